The predicted octanol–water partition coefficient (Wildman–Crippen LogP) is 1.85. The zero-order chi connectivity index (χ0) is 12.8. The molecule has 1 unspecified atom stereocenters. The fourth-order valence-corrected chi connectivity index (χ4v) is 0.965. The van der Waals surface area contributed by atoms with E-state index in [-0.39, 0.29) is 0 Å². The van der Waals surface area contributed by atoms with Crippen LogP contribution in [0, 0.1) is 0 Å². The maximum Gasteiger partial charge on any atom is 0.408 e. The van der Waals surface area contributed by atoms with Crippen LogP contribution in [-0.4, -0.2) is 30.8 Å². The van der Waals surface area contributed by atoms with Gasteiger partial charge in [-0.1, -0.05) is 13.8 Å². The Morgan fingerprint density at radius 3 is 2.25 bits per heavy atom. The normalized spacial score (nSPS) is 12.8. The number of amides is 1. The number of ether oxygens (including phenoxy) is 2. The molecule has 0 fully saturated rings. The number of nitrogens with one attached hydrogen (secondary N) is 1. The van der Waals surface area contributed by atoms with Gasteiger partial charge in [-0.25, -0.2) is 9.59 Å². The first kappa shape index (κ1) is 14.7. The second kappa shape index (κ2) is 6.35. The van der Waals surface area contributed by atoms with E-state index in [2.05, 4.69) is 10.1 Å². The lowest BCUT2D eigenvalue weighted by molar-refractivity contribution is -0.143. The second-order valence-electron chi connectivity index (χ2n) is 4.13. The molecule has 0 aliphatic heterocycles. The van der Waals surface area contributed by atoms with Crippen molar-refractivity contribution >= 4 is 12.1 Å². The highest BCUT2D eigenvalue weighted by Gasteiger charge is 2.24. The molecule has 0 spiro atoms. The predicted molar refractivity (Wildman–Crippen MR) is 60.1 cm³/mol. The van der Waals surface area contributed by atoms with Gasteiger partial charge < -0.3 is 14.8 Å². The van der Waals surface area contributed by atoms with Crippen LogP contribution in [0.1, 0.15) is 40.5 Å². The number of esters is 1. The molecule has 16 heavy (non-hydrogen) atoms. The minimum absolute atomic E-state index is 0.464. The smallest absolute Gasteiger partial charge is 0.408 e. The van der Waals surface area contributed by atoms with E-state index >= 15 is 0 Å². The molecule has 94 valence electrons. The topological polar surface area (TPSA) is 64.6 Å². The quantitative estimate of drug-likeness (QED) is 0.733. The molecule has 5 heteroatoms. The van der Waals surface area contributed by atoms with Crippen LogP contribution in [0.25, 0.3) is 0 Å². The molecule has 0 aromatic heterocycles. The van der Waals surface area contributed by atoms with Gasteiger partial charge in [-0.3, -0.25) is 0 Å². The molecule has 0 aromatic rings. The van der Waals surface area contributed by atoms with Crippen molar-refractivity contribution in [1.29, 1.82) is 0 Å². The van der Waals surface area contributed by atoms with Gasteiger partial charge in [0.25, 0.3) is 0 Å². The number of rotatable bonds is 5. The number of hydrogen-bond acceptors (Lipinski definition) is 4. The third-order valence-corrected chi connectivity index (χ3v) is 2.41. The van der Waals surface area contributed by atoms with Crippen molar-refractivity contribution in [1.82, 2.24) is 5.32 Å². The molecule has 1 N–H and O–H groups in total. The molecule has 0 saturated carbocycles. The maximum atomic E-state index is 11.5. The van der Waals surface area contributed by atoms with Crippen LogP contribution in [-0.2, 0) is 14.3 Å². The number of alkyl carbamates (subject to hydrolysis) is 1. The second-order valence-corrected chi connectivity index (χ2v) is 4.13. The van der Waals surface area contributed by atoms with Gasteiger partial charge in [0.05, 0.1) is 7.11 Å². The van der Waals surface area contributed by atoms with Crippen molar-refractivity contribution in [2.24, 2.45) is 0 Å². The van der Waals surface area contributed by atoms with E-state index in [4.69, 9.17) is 4.74 Å². The molecule has 0 bridgehead atoms. The Bertz CT molecular complexity index is 250. The molecule has 0 aliphatic carbocycles. The number of carbonyl (C=O) groups excluding carboxylic acids is 2. The molecule has 0 saturated heterocycles. The number of methoxy groups -OCH3 is 1. The van der Waals surface area contributed by atoms with Crippen molar-refractivity contribution in [3.63, 3.8) is 0 Å². The molecule has 0 aromatic carbocycles. The lowest BCUT2D eigenvalue weighted by Crippen LogP contribution is -2.44. The van der Waals surface area contributed by atoms with Gasteiger partial charge in [-0.05, 0) is 26.7 Å². The molecule has 1 atom stereocenters. The average Bonchev–Trinajstić information content (AvgIpc) is 2.24. The standard InChI is InChI=1S/C11H21NO4/c1-6-8(9(13)15-5)12-10(14)16-11(3,4)7-2/h8H,6-7H2,1-5H3,(H,12,14). The fourth-order valence-electron chi connectivity index (χ4n) is 0.965. The number of hydrogen-bond donors (Lipinski definition) is 1. The minimum atomic E-state index is -0.648. The first-order valence-electron chi connectivity index (χ1n) is 5.43. The minimum Gasteiger partial charge on any atom is -0.467 e. The summed E-state index contributed by atoms with van der Waals surface area (Å²) in [6, 6.07) is -0.648. The van der Waals surface area contributed by atoms with Crippen LogP contribution in [0.5, 0.6) is 0 Å². The fraction of sp³-hybridized carbons (Fsp3) is 0.818. The summed E-state index contributed by atoms with van der Waals surface area (Å²) in [6.45, 7) is 7.33. The molecular formula is C11H21NO4. The van der Waals surface area contributed by atoms with Crippen LogP contribution >= 0.6 is 0 Å². The summed E-state index contributed by atoms with van der Waals surface area (Å²) in [5.41, 5.74) is -0.529. The Morgan fingerprint density at radius 1 is 1.31 bits per heavy atom. The first-order valence-corrected chi connectivity index (χ1v) is 5.43. The highest BCUT2D eigenvalue weighted by Crippen LogP contribution is 2.13. The monoisotopic (exact) mass is 231 g/mol. The highest BCUT2D eigenvalue weighted by molar-refractivity contribution is 5.81. The lowest BCUT2D eigenvalue weighted by Gasteiger charge is -2.24. The van der Waals surface area contributed by atoms with Gasteiger partial charge in [0.2, 0.25) is 0 Å². The van der Waals surface area contributed by atoms with Crippen molar-refractivity contribution in [2.45, 2.75) is 52.2 Å². The Hall–Kier alpha value is -1.26. The van der Waals surface area contributed by atoms with E-state index in [1.165, 1.54) is 7.11 Å². The van der Waals surface area contributed by atoms with Crippen LogP contribution in [0.2, 0.25) is 0 Å². The summed E-state index contributed by atoms with van der Waals surface area (Å²) in [4.78, 5) is 22.7. The first-order chi connectivity index (χ1) is 7.36. The zero-order valence-electron chi connectivity index (χ0n) is 10.6. The Kier molecular flexibility index (Phi) is 5.85. The van der Waals surface area contributed by atoms with E-state index in [0.29, 0.717) is 12.8 Å². The Morgan fingerprint density at radius 2 is 1.88 bits per heavy atom. The van der Waals surface area contributed by atoms with Gasteiger partial charge in [-0.2, -0.15) is 0 Å². The summed E-state index contributed by atoms with van der Waals surface area (Å²) in [5, 5.41) is 2.47. The largest absolute Gasteiger partial charge is 0.467 e. The van der Waals surface area contributed by atoms with E-state index in [1.54, 1.807) is 6.92 Å². The van der Waals surface area contributed by atoms with Crippen molar-refractivity contribution in [2.75, 3.05) is 7.11 Å². The molecule has 5 nitrogen and oxygen atoms in total. The van der Waals surface area contributed by atoms with E-state index in [0.717, 1.165) is 0 Å². The van der Waals surface area contributed by atoms with Crippen LogP contribution in [0.4, 0.5) is 4.79 Å². The molecule has 0 heterocycles. The summed E-state index contributed by atoms with van der Waals surface area (Å²) in [6.07, 6.45) is 0.577. The third-order valence-electron chi connectivity index (χ3n) is 2.41. The Balaban J connectivity index is 4.27. The molecule has 0 rings (SSSR count). The van der Waals surface area contributed by atoms with Crippen LogP contribution in [0.15, 0.2) is 0 Å². The lowest BCUT2D eigenvalue weighted by atomic mass is 10.1. The van der Waals surface area contributed by atoms with Gasteiger partial charge in [-0.15, -0.1) is 0 Å². The SMILES string of the molecule is CCC(NC(=O)OC(C)(C)CC)C(=O)OC. The molecule has 0 aliphatic rings. The highest BCUT2D eigenvalue weighted by atomic mass is 16.6. The molecule has 0 radical (unpaired) electrons. The van der Waals surface area contributed by atoms with E-state index in [9.17, 15) is 9.59 Å². The summed E-state index contributed by atoms with van der Waals surface area (Å²) < 4.78 is 9.71. The zero-order valence-corrected chi connectivity index (χ0v) is 10.6. The van der Waals surface area contributed by atoms with Crippen LogP contribution < -0.4 is 5.32 Å². The van der Waals surface area contributed by atoms with Gasteiger partial charge in [0.15, 0.2) is 0 Å². The summed E-state index contributed by atoms with van der Waals surface area (Å²) >= 11 is 0. The average molecular weight is 231 g/mol. The van der Waals surface area contributed by atoms with Gasteiger partial charge in [0.1, 0.15) is 11.6 Å². The third kappa shape index (κ3) is 5.00. The molecule has 1 amide bonds. The van der Waals surface area contributed by atoms with Crippen molar-refractivity contribution in [3.8, 4) is 0 Å². The van der Waals surface area contributed by atoms with Crippen LogP contribution in [0.3, 0.4) is 0 Å². The van der Waals surface area contributed by atoms with E-state index in [1.807, 2.05) is 20.8 Å². The van der Waals surface area contributed by atoms with Crippen molar-refractivity contribution < 1.29 is 19.1 Å². The number of carbonyl (C=O) groups is 2. The maximum absolute atomic E-state index is 11.5. The van der Waals surface area contributed by atoms with Crippen molar-refractivity contribution in [3.05, 3.63) is 0 Å². The summed E-state index contributed by atoms with van der Waals surface area (Å²) in [5.74, 6) is -0.464. The van der Waals surface area contributed by atoms with Gasteiger partial charge in [0, 0.05) is 0 Å². The Labute approximate surface area is 96.5 Å². The van der Waals surface area contributed by atoms with Gasteiger partial charge >= 0.3 is 12.1 Å². The summed E-state index contributed by atoms with van der Waals surface area (Å²) in [7, 11) is 1.29. The van der Waals surface area contributed by atoms with E-state index < -0.39 is 23.7 Å². The molecular weight excluding hydrogens is 210 g/mol.